The smallest absolute Gasteiger partial charge is 0.262 e. The van der Waals surface area contributed by atoms with Gasteiger partial charge in [0.05, 0.1) is 11.8 Å². The molecule has 3 aromatic rings. The average molecular weight is 503 g/mol. The van der Waals surface area contributed by atoms with Crippen LogP contribution in [0.2, 0.25) is 5.02 Å². The molecule has 3 aromatic carbocycles. The number of aliphatic imine (C=N–C) groups is 1. The molecule has 0 fully saturated rings. The maximum absolute atomic E-state index is 12.8. The quantitative estimate of drug-likeness (QED) is 0.476. The van der Waals surface area contributed by atoms with Crippen LogP contribution in [0.25, 0.3) is 0 Å². The lowest BCUT2D eigenvalue weighted by atomic mass is 9.99. The number of carbonyl (C=O) groups is 2. The van der Waals surface area contributed by atoms with Gasteiger partial charge in [0.15, 0.2) is 5.17 Å². The number of halogens is 1. The highest BCUT2D eigenvalue weighted by Gasteiger charge is 2.39. The Morgan fingerprint density at radius 2 is 1.77 bits per heavy atom. The van der Waals surface area contributed by atoms with Crippen LogP contribution in [0.3, 0.4) is 0 Å². The van der Waals surface area contributed by atoms with Gasteiger partial charge in [-0.25, -0.2) is 5.01 Å². The fourth-order valence-corrected chi connectivity index (χ4v) is 5.31. The van der Waals surface area contributed by atoms with Gasteiger partial charge in [0, 0.05) is 23.6 Å². The van der Waals surface area contributed by atoms with Gasteiger partial charge in [0.2, 0.25) is 5.91 Å². The van der Waals surface area contributed by atoms with Gasteiger partial charge >= 0.3 is 0 Å². The average Bonchev–Trinajstić information content (AvgIpc) is 3.46. The zero-order valence-corrected chi connectivity index (χ0v) is 20.6. The number of anilines is 1. The second-order valence-corrected chi connectivity index (χ2v) is 10.0. The Morgan fingerprint density at radius 1 is 1.06 bits per heavy atom. The molecular weight excluding hydrogens is 480 g/mol. The molecule has 0 bridgehead atoms. The van der Waals surface area contributed by atoms with Gasteiger partial charge in [0.1, 0.15) is 5.25 Å². The van der Waals surface area contributed by atoms with Crippen LogP contribution in [0.5, 0.6) is 0 Å². The molecule has 0 aliphatic carbocycles. The molecule has 0 radical (unpaired) electrons. The number of hydrazone groups is 1. The summed E-state index contributed by atoms with van der Waals surface area (Å²) in [6.07, 6.45) is 0.706. The van der Waals surface area contributed by atoms with Crippen LogP contribution in [0, 0.1) is 6.92 Å². The fourth-order valence-electron chi connectivity index (χ4n) is 4.12. The minimum absolute atomic E-state index is 0.0412. The van der Waals surface area contributed by atoms with E-state index in [0.717, 1.165) is 28.1 Å². The Balaban J connectivity index is 1.35. The van der Waals surface area contributed by atoms with E-state index in [0.29, 0.717) is 16.6 Å². The monoisotopic (exact) mass is 502 g/mol. The third-order valence-corrected chi connectivity index (χ3v) is 7.38. The molecule has 5 rings (SSSR count). The van der Waals surface area contributed by atoms with E-state index < -0.39 is 5.25 Å². The lowest BCUT2D eigenvalue weighted by Crippen LogP contribution is -2.25. The van der Waals surface area contributed by atoms with Crippen molar-refractivity contribution in [2.24, 2.45) is 10.1 Å². The third kappa shape index (κ3) is 5.16. The number of rotatable bonds is 5. The van der Waals surface area contributed by atoms with Crippen molar-refractivity contribution in [2.75, 3.05) is 5.32 Å². The van der Waals surface area contributed by atoms with Crippen molar-refractivity contribution in [3.05, 3.63) is 101 Å². The molecule has 0 spiro atoms. The summed E-state index contributed by atoms with van der Waals surface area (Å²) in [6, 6.07) is 25.0. The number of nitrogens with zero attached hydrogens (tertiary/aromatic N) is 3. The van der Waals surface area contributed by atoms with Crippen LogP contribution >= 0.6 is 23.4 Å². The van der Waals surface area contributed by atoms with E-state index in [1.54, 1.807) is 0 Å². The van der Waals surface area contributed by atoms with Crippen LogP contribution in [-0.2, 0) is 9.59 Å². The number of thioether (sulfide) groups is 1. The minimum atomic E-state index is -0.587. The molecule has 2 aliphatic rings. The van der Waals surface area contributed by atoms with E-state index in [2.05, 4.69) is 10.3 Å². The van der Waals surface area contributed by atoms with Gasteiger partial charge in [-0.3, -0.25) is 9.59 Å². The van der Waals surface area contributed by atoms with Crippen LogP contribution in [-0.4, -0.2) is 33.0 Å². The lowest BCUT2D eigenvalue weighted by Gasteiger charge is -2.23. The summed E-state index contributed by atoms with van der Waals surface area (Å²) in [7, 11) is 0. The number of hydrogen-bond donors (Lipinski definition) is 1. The highest BCUT2D eigenvalue weighted by Crippen LogP contribution is 2.38. The predicted octanol–water partition coefficient (Wildman–Crippen LogP) is 5.83. The van der Waals surface area contributed by atoms with Gasteiger partial charge in [-0.15, -0.1) is 0 Å². The highest BCUT2D eigenvalue weighted by atomic mass is 35.5. The molecule has 2 aliphatic heterocycles. The number of hydrogen-bond acceptors (Lipinski definition) is 5. The molecule has 6 nitrogen and oxygen atoms in total. The molecule has 176 valence electrons. The summed E-state index contributed by atoms with van der Waals surface area (Å²) in [5.74, 6) is -0.533. The normalized spacial score (nSPS) is 19.5. The summed E-state index contributed by atoms with van der Waals surface area (Å²) in [6.45, 7) is 1.93. The van der Waals surface area contributed by atoms with E-state index in [4.69, 9.17) is 16.7 Å². The zero-order chi connectivity index (χ0) is 24.4. The van der Waals surface area contributed by atoms with E-state index in [1.807, 2.05) is 90.8 Å². The van der Waals surface area contributed by atoms with E-state index >= 15 is 0 Å². The molecule has 0 saturated heterocycles. The molecule has 0 saturated carbocycles. The first-order valence-corrected chi connectivity index (χ1v) is 12.6. The van der Waals surface area contributed by atoms with Gasteiger partial charge in [0.25, 0.3) is 5.91 Å². The van der Waals surface area contributed by atoms with Crippen molar-refractivity contribution in [3.63, 3.8) is 0 Å². The lowest BCUT2D eigenvalue weighted by molar-refractivity contribution is -0.121. The summed E-state index contributed by atoms with van der Waals surface area (Å²) >= 11 is 7.40. The summed E-state index contributed by atoms with van der Waals surface area (Å²) < 4.78 is 0. The molecular formula is C27H23ClN4O2S. The number of amidine groups is 1. The predicted molar refractivity (Wildman–Crippen MR) is 142 cm³/mol. The van der Waals surface area contributed by atoms with E-state index in [9.17, 15) is 9.59 Å². The Labute approximate surface area is 213 Å². The van der Waals surface area contributed by atoms with Crippen LogP contribution < -0.4 is 5.32 Å². The number of amides is 2. The standard InChI is InChI=1S/C27H23ClN4O2S/c1-17-7-5-6-10-21(17)29-25(33)16-24-26(34)30-27(35-24)32-23(19-11-13-20(28)14-12-19)15-22(31-32)18-8-3-2-4-9-18/h2-14,23-24H,15-16H2,1H3,(H,29,33)/t23-,24-/m0/s1. The minimum Gasteiger partial charge on any atom is -0.326 e. The largest absolute Gasteiger partial charge is 0.326 e. The molecule has 2 amide bonds. The topological polar surface area (TPSA) is 74.1 Å². The number of para-hydroxylation sites is 1. The molecule has 0 unspecified atom stereocenters. The summed E-state index contributed by atoms with van der Waals surface area (Å²) in [5, 5.41) is 10.2. The fraction of sp³-hybridized carbons (Fsp3) is 0.185. The van der Waals surface area contributed by atoms with Crippen LogP contribution in [0.1, 0.15) is 35.6 Å². The Hall–Kier alpha value is -3.42. The summed E-state index contributed by atoms with van der Waals surface area (Å²) in [5.41, 5.74) is 4.68. The SMILES string of the molecule is Cc1ccccc1NC(=O)C[C@@H]1SC(N2N=C(c3ccccc3)C[C@H]2c2ccc(Cl)cc2)=NC1=O. The Kier molecular flexibility index (Phi) is 6.70. The first kappa shape index (κ1) is 23.3. The van der Waals surface area contributed by atoms with Crippen molar-refractivity contribution in [1.82, 2.24) is 5.01 Å². The molecule has 1 N–H and O–H groups in total. The Morgan fingerprint density at radius 3 is 2.51 bits per heavy atom. The molecule has 8 heteroatoms. The van der Waals surface area contributed by atoms with Gasteiger partial charge in [-0.2, -0.15) is 10.1 Å². The first-order chi connectivity index (χ1) is 17.0. The summed E-state index contributed by atoms with van der Waals surface area (Å²) in [4.78, 5) is 29.7. The molecule has 0 aromatic heterocycles. The third-order valence-electron chi connectivity index (χ3n) is 5.99. The maximum atomic E-state index is 12.8. The van der Waals surface area contributed by atoms with E-state index in [-0.39, 0.29) is 24.3 Å². The molecule has 2 atom stereocenters. The van der Waals surface area contributed by atoms with Crippen molar-refractivity contribution in [2.45, 2.75) is 31.1 Å². The zero-order valence-electron chi connectivity index (χ0n) is 19.0. The van der Waals surface area contributed by atoms with Crippen molar-refractivity contribution >= 4 is 51.7 Å². The molecule has 35 heavy (non-hydrogen) atoms. The van der Waals surface area contributed by atoms with Crippen molar-refractivity contribution in [1.29, 1.82) is 0 Å². The van der Waals surface area contributed by atoms with Crippen LogP contribution in [0.4, 0.5) is 5.69 Å². The second-order valence-electron chi connectivity index (χ2n) is 8.44. The first-order valence-electron chi connectivity index (χ1n) is 11.3. The van der Waals surface area contributed by atoms with Crippen molar-refractivity contribution < 1.29 is 9.59 Å². The van der Waals surface area contributed by atoms with E-state index in [1.165, 1.54) is 11.8 Å². The highest BCUT2D eigenvalue weighted by molar-refractivity contribution is 8.15. The number of nitrogens with one attached hydrogen (secondary N) is 1. The molecule has 2 heterocycles. The van der Waals surface area contributed by atoms with Gasteiger partial charge < -0.3 is 5.32 Å². The van der Waals surface area contributed by atoms with Gasteiger partial charge in [-0.05, 0) is 41.8 Å². The number of benzene rings is 3. The number of carbonyl (C=O) groups excluding carboxylic acids is 2. The van der Waals surface area contributed by atoms with Crippen LogP contribution in [0.15, 0.2) is 89.0 Å². The number of aryl methyl sites for hydroxylation is 1. The van der Waals surface area contributed by atoms with Gasteiger partial charge in [-0.1, -0.05) is 84.0 Å². The van der Waals surface area contributed by atoms with Crippen molar-refractivity contribution in [3.8, 4) is 0 Å². The Bertz CT molecular complexity index is 1320. The maximum Gasteiger partial charge on any atom is 0.262 e. The second kappa shape index (κ2) is 10.1.